The Labute approximate surface area is 294 Å². The third-order valence-electron chi connectivity index (χ3n) is 9.39. The number of hydrazone groups is 1. The van der Waals surface area contributed by atoms with Crippen molar-refractivity contribution in [3.05, 3.63) is 94.3 Å². The Kier molecular flexibility index (Phi) is 9.23. The minimum absolute atomic E-state index is 0.132. The zero-order valence-corrected chi connectivity index (χ0v) is 27.9. The molecule has 3 amide bonds. The molecule has 1 saturated heterocycles. The molecule has 4 atom stereocenters. The lowest BCUT2D eigenvalue weighted by Gasteiger charge is -2.30. The van der Waals surface area contributed by atoms with Crippen LogP contribution in [-0.2, 0) is 14.4 Å². The molecule has 0 radical (unpaired) electrons. The Morgan fingerprint density at radius 3 is 2.04 bits per heavy atom. The highest BCUT2D eigenvalue weighted by atomic mass is 19.2. The number of amides is 3. The molecule has 0 spiro atoms. The highest BCUT2D eigenvalue weighted by Gasteiger charge is 2.57. The summed E-state index contributed by atoms with van der Waals surface area (Å²) < 4.78 is 82.4. The van der Waals surface area contributed by atoms with Crippen molar-refractivity contribution in [3.8, 4) is 11.5 Å². The van der Waals surface area contributed by atoms with E-state index < -0.39 is 77.2 Å². The molecule has 7 rings (SSSR count). The Bertz CT molecular complexity index is 2010. The molecule has 3 aliphatic heterocycles. The molecule has 11 nitrogen and oxygen atoms in total. The average Bonchev–Trinajstić information content (AvgIpc) is 3.81. The summed E-state index contributed by atoms with van der Waals surface area (Å²) in [7, 11) is 0. The van der Waals surface area contributed by atoms with Crippen molar-refractivity contribution in [1.82, 2.24) is 10.0 Å². The molecule has 0 bridgehead atoms. The van der Waals surface area contributed by atoms with Crippen molar-refractivity contribution in [2.75, 3.05) is 24.7 Å². The fraction of sp³-hybridized carbons (Fsp3) is 0.333. The van der Waals surface area contributed by atoms with Gasteiger partial charge in [0.25, 0.3) is 17.7 Å². The number of imide groups is 1. The van der Waals surface area contributed by atoms with Crippen LogP contribution in [0.1, 0.15) is 50.3 Å². The molecule has 0 N–H and O–H groups in total. The smallest absolute Gasteiger partial charge is 0.264 e. The zero-order chi connectivity index (χ0) is 36.8. The number of hydrogen-bond donors (Lipinski definition) is 0. The number of carbonyl (C=O) groups is 3. The van der Waals surface area contributed by atoms with Gasteiger partial charge in [0.1, 0.15) is 23.7 Å². The Balaban J connectivity index is 1.19. The van der Waals surface area contributed by atoms with Gasteiger partial charge in [-0.25, -0.2) is 31.9 Å². The fourth-order valence-electron chi connectivity index (χ4n) is 7.07. The maximum atomic E-state index is 14.7. The van der Waals surface area contributed by atoms with Crippen LogP contribution in [0.3, 0.4) is 0 Å². The molecular weight excluding hydrogens is 691 g/mol. The SMILES string of the molecule is CCOc1ccc(/C=C2\CCC[C@H]3C2=NN(C(=O)CN2N=N[C@@H]4C(=O)N(c5c(F)c(F)c(F)c(F)c5F)C(=O)[C@@H]42)[C@H]3c2ccc(OCC)cc2)cc1. The van der Waals surface area contributed by atoms with Crippen LogP contribution >= 0.6 is 0 Å². The van der Waals surface area contributed by atoms with Gasteiger partial charge in [0, 0.05) is 5.92 Å². The summed E-state index contributed by atoms with van der Waals surface area (Å²) in [6.45, 7) is 4.10. The normalized spacial score (nSPS) is 23.0. The summed E-state index contributed by atoms with van der Waals surface area (Å²) in [4.78, 5) is 40.6. The van der Waals surface area contributed by atoms with E-state index in [1.54, 1.807) is 12.1 Å². The average molecular weight is 723 g/mol. The molecule has 0 unspecified atom stereocenters. The largest absolute Gasteiger partial charge is 0.494 e. The third-order valence-corrected chi connectivity index (χ3v) is 9.39. The number of halogens is 5. The Morgan fingerprint density at radius 2 is 1.42 bits per heavy atom. The van der Waals surface area contributed by atoms with Crippen molar-refractivity contribution in [2.45, 2.75) is 51.2 Å². The van der Waals surface area contributed by atoms with E-state index >= 15 is 0 Å². The predicted molar refractivity (Wildman–Crippen MR) is 175 cm³/mol. The molecule has 4 aliphatic rings. The van der Waals surface area contributed by atoms with Gasteiger partial charge in [0.05, 0.1) is 25.0 Å². The van der Waals surface area contributed by atoms with Crippen LogP contribution < -0.4 is 14.4 Å². The molecule has 0 aromatic heterocycles. The molecule has 3 aromatic carbocycles. The Hall–Kier alpha value is -5.67. The van der Waals surface area contributed by atoms with E-state index in [-0.39, 0.29) is 10.8 Å². The van der Waals surface area contributed by atoms with Crippen LogP contribution in [0, 0.1) is 35.0 Å². The van der Waals surface area contributed by atoms with Crippen molar-refractivity contribution >= 4 is 35.2 Å². The number of benzene rings is 3. The first-order valence-corrected chi connectivity index (χ1v) is 16.7. The van der Waals surface area contributed by atoms with Gasteiger partial charge < -0.3 is 9.47 Å². The molecule has 16 heteroatoms. The van der Waals surface area contributed by atoms with Crippen molar-refractivity contribution in [1.29, 1.82) is 0 Å². The topological polar surface area (TPSA) is 116 Å². The lowest BCUT2D eigenvalue weighted by atomic mass is 9.77. The molecule has 1 aliphatic carbocycles. The molecule has 270 valence electrons. The first kappa shape index (κ1) is 34.8. The number of allylic oxidation sites excluding steroid dienone is 1. The number of hydrogen-bond acceptors (Lipinski definition) is 9. The lowest BCUT2D eigenvalue weighted by molar-refractivity contribution is -0.136. The number of anilines is 1. The predicted octanol–water partition coefficient (Wildman–Crippen LogP) is 6.30. The van der Waals surface area contributed by atoms with Crippen LogP contribution in [-0.4, -0.2) is 65.3 Å². The van der Waals surface area contributed by atoms with Gasteiger partial charge in [-0.2, -0.15) is 10.2 Å². The second kappa shape index (κ2) is 13.8. The molecule has 52 heavy (non-hydrogen) atoms. The Morgan fingerprint density at radius 1 is 0.827 bits per heavy atom. The lowest BCUT2D eigenvalue weighted by Crippen LogP contribution is -2.45. The fourth-order valence-corrected chi connectivity index (χ4v) is 7.07. The highest BCUT2D eigenvalue weighted by molar-refractivity contribution is 6.25. The van der Waals surface area contributed by atoms with Gasteiger partial charge in [-0.1, -0.05) is 29.5 Å². The molecule has 2 fully saturated rings. The number of nitrogens with zero attached hydrogens (tertiary/aromatic N) is 6. The van der Waals surface area contributed by atoms with E-state index in [4.69, 9.17) is 14.6 Å². The second-order valence-corrected chi connectivity index (χ2v) is 12.5. The van der Waals surface area contributed by atoms with Gasteiger partial charge >= 0.3 is 0 Å². The van der Waals surface area contributed by atoms with Gasteiger partial charge in [-0.15, -0.1) is 0 Å². The van der Waals surface area contributed by atoms with Crippen molar-refractivity contribution < 1.29 is 45.8 Å². The van der Waals surface area contributed by atoms with Crippen LogP contribution in [0.2, 0.25) is 0 Å². The van der Waals surface area contributed by atoms with E-state index in [0.29, 0.717) is 37.5 Å². The quantitative estimate of drug-likeness (QED) is 0.111. The monoisotopic (exact) mass is 722 g/mol. The molecule has 3 heterocycles. The molecule has 1 saturated carbocycles. The number of ether oxygens (including phenoxy) is 2. The van der Waals surface area contributed by atoms with E-state index in [1.165, 1.54) is 5.01 Å². The number of fused-ring (bicyclic) bond motifs is 2. The van der Waals surface area contributed by atoms with Gasteiger partial charge in [0.2, 0.25) is 5.82 Å². The first-order valence-electron chi connectivity index (χ1n) is 16.7. The summed E-state index contributed by atoms with van der Waals surface area (Å²) in [5, 5.41) is 14.6. The number of rotatable bonds is 9. The van der Waals surface area contributed by atoms with E-state index in [1.807, 2.05) is 56.3 Å². The van der Waals surface area contributed by atoms with Gasteiger partial charge in [-0.05, 0) is 80.2 Å². The summed E-state index contributed by atoms with van der Waals surface area (Å²) in [5.41, 5.74) is 1.59. The maximum absolute atomic E-state index is 14.7. The maximum Gasteiger partial charge on any atom is 0.264 e. The number of carbonyl (C=O) groups excluding carboxylic acids is 3. The summed E-state index contributed by atoms with van der Waals surface area (Å²) in [6, 6.07) is 10.9. The van der Waals surface area contributed by atoms with E-state index in [9.17, 15) is 36.3 Å². The standard InChI is InChI=1S/C36H31F5N6O5/c1-3-51-21-12-8-18(9-13-21)16-20-6-5-7-23-30(20)43-47(32(23)19-10-14-22(15-11-19)52-4-2)24(48)17-45-34-31(42-44-45)35(49)46(36(34)50)33-28(40)26(38)25(37)27(39)29(33)41/h8-16,23,31-32,34H,3-7,17H2,1-2H3/b20-16+/t23-,31-,32-,34+/m0/s1. The zero-order valence-electron chi connectivity index (χ0n) is 27.9. The van der Waals surface area contributed by atoms with Crippen molar-refractivity contribution in [3.63, 3.8) is 0 Å². The van der Waals surface area contributed by atoms with Crippen LogP contribution in [0.4, 0.5) is 27.6 Å². The summed E-state index contributed by atoms with van der Waals surface area (Å²) in [5.74, 6) is -14.0. The minimum Gasteiger partial charge on any atom is -0.494 e. The summed E-state index contributed by atoms with van der Waals surface area (Å²) in [6.07, 6.45) is 4.24. The molecular formula is C36H31F5N6O5. The van der Waals surface area contributed by atoms with Crippen LogP contribution in [0.5, 0.6) is 11.5 Å². The van der Waals surface area contributed by atoms with Gasteiger partial charge in [-0.3, -0.25) is 19.4 Å². The van der Waals surface area contributed by atoms with Crippen LogP contribution in [0.25, 0.3) is 6.08 Å². The van der Waals surface area contributed by atoms with Crippen molar-refractivity contribution in [2.24, 2.45) is 21.4 Å². The molecule has 3 aromatic rings. The van der Waals surface area contributed by atoms with Gasteiger partial charge in [0.15, 0.2) is 35.4 Å². The minimum atomic E-state index is -2.45. The third kappa shape index (κ3) is 5.84. The second-order valence-electron chi connectivity index (χ2n) is 12.5. The summed E-state index contributed by atoms with van der Waals surface area (Å²) >= 11 is 0. The van der Waals surface area contributed by atoms with Crippen LogP contribution in [0.15, 0.2) is 69.5 Å². The van der Waals surface area contributed by atoms with E-state index in [2.05, 4.69) is 10.3 Å². The highest BCUT2D eigenvalue weighted by Crippen LogP contribution is 2.45. The first-order chi connectivity index (χ1) is 25.0. The van der Waals surface area contributed by atoms with E-state index in [0.717, 1.165) is 33.9 Å².